The van der Waals surface area contributed by atoms with Gasteiger partial charge in [-0.2, -0.15) is 0 Å². The number of imidazole rings is 1. The number of benzene rings is 3. The molecule has 5 rings (SSSR count). The van der Waals surface area contributed by atoms with Crippen LogP contribution in [0.25, 0.3) is 11.3 Å². The molecule has 19 nitrogen and oxygen atoms in total. The molecule has 2 heterocycles. The highest BCUT2D eigenvalue weighted by Crippen LogP contribution is 2.40. The molecule has 22 heteroatoms. The van der Waals surface area contributed by atoms with Gasteiger partial charge < -0.3 is 46.5 Å². The average Bonchev–Trinajstić information content (AvgIpc) is 4.14. The Morgan fingerprint density at radius 3 is 2.18 bits per heavy atom. The smallest absolute Gasteiger partial charge is 0.407 e. The number of nitrogens with one attached hydrogen (secondary N) is 5. The molecule has 1 aromatic heterocycles. The van der Waals surface area contributed by atoms with Crippen LogP contribution < -0.4 is 32.3 Å². The highest BCUT2D eigenvalue weighted by Gasteiger charge is 2.39. The molecule has 9 amide bonds. The number of aromatic nitrogens is 2. The molecule has 1 aliphatic rings. The first-order valence-electron chi connectivity index (χ1n) is 26.4. The lowest BCUT2D eigenvalue weighted by Crippen LogP contribution is -2.48. The number of amides is 9. The Bertz CT molecular complexity index is 2770. The third kappa shape index (κ3) is 18.8. The maximum atomic E-state index is 15.2. The van der Waals surface area contributed by atoms with Gasteiger partial charge in [-0.15, -0.1) is 0 Å². The van der Waals surface area contributed by atoms with E-state index in [2.05, 4.69) is 26.6 Å². The van der Waals surface area contributed by atoms with Crippen molar-refractivity contribution in [2.24, 2.45) is 23.0 Å². The number of imide groups is 1. The van der Waals surface area contributed by atoms with Gasteiger partial charge >= 0.3 is 18.2 Å². The predicted molar refractivity (Wildman–Crippen MR) is 290 cm³/mol. The molecule has 426 valence electrons. The van der Waals surface area contributed by atoms with Gasteiger partial charge in [-0.25, -0.2) is 32.5 Å². The number of unbranched alkanes of at least 4 members (excludes halogenated alkanes) is 2. The molecule has 0 fully saturated rings. The first-order chi connectivity index (χ1) is 37.6. The number of nitrogens with two attached hydrogens (primary N) is 1. The zero-order valence-corrected chi connectivity index (χ0v) is 45.6. The average molecular weight is 1100 g/mol. The fourth-order valence-electron chi connectivity index (χ4n) is 9.14. The van der Waals surface area contributed by atoms with Crippen LogP contribution >= 0.6 is 0 Å². The molecule has 7 N–H and O–H groups in total. The van der Waals surface area contributed by atoms with Gasteiger partial charge in [-0.1, -0.05) is 83.5 Å². The number of Topliss-reactive ketones (excluding diaryl/α,β-unsaturated/α-hetero) is 1. The van der Waals surface area contributed by atoms with Crippen molar-refractivity contribution in [3.63, 3.8) is 0 Å². The van der Waals surface area contributed by atoms with Crippen molar-refractivity contribution in [2.45, 2.75) is 117 Å². The molecule has 0 radical (unpaired) electrons. The number of ketones is 1. The number of urea groups is 2. The van der Waals surface area contributed by atoms with E-state index < -0.39 is 71.8 Å². The third-order valence-electron chi connectivity index (χ3n) is 13.2. The number of hydrogen-bond acceptors (Lipinski definition) is 10. The number of primary amides is 1. The number of alkyl halides is 1. The van der Waals surface area contributed by atoms with Crippen molar-refractivity contribution in [2.75, 3.05) is 38.7 Å². The van der Waals surface area contributed by atoms with Crippen LogP contribution in [0, 0.1) is 28.9 Å². The Hall–Kier alpha value is -8.04. The number of halogens is 3. The second-order valence-corrected chi connectivity index (χ2v) is 20.8. The quantitative estimate of drug-likeness (QED) is 0.0227. The lowest BCUT2D eigenvalue weighted by molar-refractivity contribution is -0.137. The van der Waals surface area contributed by atoms with Crippen LogP contribution in [0.5, 0.6) is 0 Å². The van der Waals surface area contributed by atoms with E-state index in [1.165, 1.54) is 24.1 Å². The monoisotopic (exact) mass is 1100 g/mol. The van der Waals surface area contributed by atoms with E-state index in [-0.39, 0.29) is 99.1 Å². The number of rotatable bonds is 29. The van der Waals surface area contributed by atoms with E-state index >= 15 is 4.39 Å². The zero-order chi connectivity index (χ0) is 57.8. The lowest BCUT2D eigenvalue weighted by Gasteiger charge is -2.40. The van der Waals surface area contributed by atoms with Crippen LogP contribution in [0.15, 0.2) is 91.1 Å². The van der Waals surface area contributed by atoms with Crippen LogP contribution in [-0.2, 0) is 41.9 Å². The molecule has 0 saturated carbocycles. The van der Waals surface area contributed by atoms with E-state index in [9.17, 15) is 47.1 Å². The summed E-state index contributed by atoms with van der Waals surface area (Å²) in [4.78, 5) is 110. The maximum Gasteiger partial charge on any atom is 0.407 e. The summed E-state index contributed by atoms with van der Waals surface area (Å²) in [6.45, 7) is 8.58. The van der Waals surface area contributed by atoms with E-state index in [1.54, 1.807) is 48.9 Å². The summed E-state index contributed by atoms with van der Waals surface area (Å²) >= 11 is 0. The van der Waals surface area contributed by atoms with Gasteiger partial charge in [0.1, 0.15) is 30.7 Å². The largest absolute Gasteiger partial charge is 0.445 e. The first-order valence-corrected chi connectivity index (χ1v) is 26.4. The molecule has 1 aliphatic heterocycles. The van der Waals surface area contributed by atoms with Gasteiger partial charge in [0.2, 0.25) is 11.8 Å². The summed E-state index contributed by atoms with van der Waals surface area (Å²) in [5.74, 6) is -4.09. The number of anilines is 1. The molecule has 0 spiro atoms. The number of ether oxygens (including phenoxy) is 1. The molecule has 0 aliphatic carbocycles. The van der Waals surface area contributed by atoms with E-state index in [4.69, 9.17) is 15.5 Å². The van der Waals surface area contributed by atoms with Crippen LogP contribution in [0.4, 0.5) is 33.2 Å². The first kappa shape index (κ1) is 61.8. The Balaban J connectivity index is 1.18. The molecular formula is C57H73F3N10O9. The van der Waals surface area contributed by atoms with Gasteiger partial charge in [0, 0.05) is 81.6 Å². The summed E-state index contributed by atoms with van der Waals surface area (Å²) in [6.07, 6.45) is 5.00. The standard InChI is InChI=1S/C57H73F3N10O9/c1-36(2)50(67-47(72)17-11-8-12-28-69-48(73)24-25-49(69)74)46(71)30-39(16-13-27-63-54(61)76)53(75)64-41-21-18-38(19-22-41)35-79-56(78)65-42(32-58)26-29-70(55(77)62-6)51(57(3,4)5)52-66-45(43-31-40(59)20-23-44(43)60)34-68(52)33-37-14-9-7-10-15-37/h7,9-10,14-15,18-25,31,34,36,39,42,50-51H,8,11-13,16-17,26-30,32-33,35H2,1-6H3,(H,62,77)(H,64,75)(H,65,78)(H,67,72)(H3,61,63,76)/t39-,42-,50+,51+/m1/s1. The van der Waals surface area contributed by atoms with Crippen LogP contribution in [0.3, 0.4) is 0 Å². The molecule has 0 saturated heterocycles. The number of carbonyl (C=O) groups excluding carboxylic acids is 8. The Kier molecular flexibility index (Phi) is 23.2. The molecule has 4 atom stereocenters. The second-order valence-electron chi connectivity index (χ2n) is 20.8. The van der Waals surface area contributed by atoms with Crippen LogP contribution in [-0.4, -0.2) is 112 Å². The summed E-state index contributed by atoms with van der Waals surface area (Å²) in [5, 5.41) is 13.3. The normalized spacial score (nSPS) is 13.8. The summed E-state index contributed by atoms with van der Waals surface area (Å²) < 4.78 is 51.5. The molecule has 3 aromatic carbocycles. The minimum Gasteiger partial charge on any atom is -0.445 e. The van der Waals surface area contributed by atoms with Crippen molar-refractivity contribution in [3.05, 3.63) is 120 Å². The Morgan fingerprint density at radius 1 is 0.848 bits per heavy atom. The summed E-state index contributed by atoms with van der Waals surface area (Å²) in [5.41, 5.74) is 6.33. The number of carbonyl (C=O) groups is 8. The zero-order valence-electron chi connectivity index (χ0n) is 45.6. The summed E-state index contributed by atoms with van der Waals surface area (Å²) in [6, 6.07) is 14.8. The maximum absolute atomic E-state index is 15.2. The SMILES string of the molecule is CNC(=O)N(CC[C@H](CF)NC(=O)OCc1ccc(NC(=O)[C@H](CCCNC(N)=O)CC(=O)[C@@H](NC(=O)CCCCCN2C(=O)C=CC2=O)C(C)C)cc1)[C@@H](c1nc(-c2cc(F)ccc2F)cn1Cc1ccccc1)C(C)(C)C. The van der Waals surface area contributed by atoms with Gasteiger partial charge in [-0.3, -0.25) is 28.9 Å². The topological polar surface area (TPSA) is 256 Å². The third-order valence-corrected chi connectivity index (χ3v) is 13.2. The van der Waals surface area contributed by atoms with Gasteiger partial charge in [0.25, 0.3) is 11.8 Å². The van der Waals surface area contributed by atoms with E-state index in [1.807, 2.05) is 51.1 Å². The van der Waals surface area contributed by atoms with Gasteiger partial charge in [-0.05, 0) is 84.9 Å². The van der Waals surface area contributed by atoms with E-state index in [0.717, 1.165) is 28.7 Å². The fraction of sp³-hybridized carbons (Fsp3) is 0.456. The molecule has 0 bridgehead atoms. The minimum absolute atomic E-state index is 0.0551. The molecule has 79 heavy (non-hydrogen) atoms. The minimum atomic E-state index is -1.10. The highest BCUT2D eigenvalue weighted by atomic mass is 19.1. The number of nitrogens with zero attached hydrogens (tertiary/aromatic N) is 4. The second kappa shape index (κ2) is 29.6. The Labute approximate surface area is 458 Å². The van der Waals surface area contributed by atoms with Crippen molar-refractivity contribution in [1.82, 2.24) is 40.6 Å². The predicted octanol–water partition coefficient (Wildman–Crippen LogP) is 7.85. The summed E-state index contributed by atoms with van der Waals surface area (Å²) in [7, 11) is 1.45. The van der Waals surface area contributed by atoms with Crippen molar-refractivity contribution < 1.29 is 56.3 Å². The van der Waals surface area contributed by atoms with Crippen molar-refractivity contribution >= 4 is 53.3 Å². The molecule has 0 unspecified atom stereocenters. The fourth-order valence-corrected chi connectivity index (χ4v) is 9.14. The van der Waals surface area contributed by atoms with E-state index in [0.29, 0.717) is 42.8 Å². The molecular weight excluding hydrogens is 1030 g/mol. The number of hydrogen-bond donors (Lipinski definition) is 6. The highest BCUT2D eigenvalue weighted by molar-refractivity contribution is 6.12. The van der Waals surface area contributed by atoms with Crippen molar-refractivity contribution in [1.29, 1.82) is 0 Å². The van der Waals surface area contributed by atoms with Gasteiger partial charge in [0.15, 0.2) is 5.78 Å². The van der Waals surface area contributed by atoms with Crippen LogP contribution in [0.2, 0.25) is 0 Å². The Morgan fingerprint density at radius 2 is 1.54 bits per heavy atom. The molecule has 4 aromatic rings. The van der Waals surface area contributed by atoms with Gasteiger partial charge in [0.05, 0.1) is 23.8 Å². The van der Waals surface area contributed by atoms with Crippen LogP contribution in [0.1, 0.15) is 109 Å². The lowest BCUT2D eigenvalue weighted by atomic mass is 9.84. The van der Waals surface area contributed by atoms with Crippen molar-refractivity contribution in [3.8, 4) is 11.3 Å². The number of alkyl carbamates (subject to hydrolysis) is 1.